The molecule has 0 saturated carbocycles. The standard InChI is InChI=1S/C13H9FN6O3S/c14-9-3-2-8(6-10(9)20(22)23)16-11(21)7-24-13-17-12-15-4-1-5-19(12)18-13/h1-6H,7H2,(H,16,21). The van der Waals surface area contributed by atoms with Gasteiger partial charge in [-0.2, -0.15) is 9.37 Å². The molecular formula is C13H9FN6O3S. The SMILES string of the molecule is O=C(CSc1nc2ncccn2n1)Nc1ccc(F)c([N+](=O)[O-])c1. The summed E-state index contributed by atoms with van der Waals surface area (Å²) in [5.41, 5.74) is -0.563. The lowest BCUT2D eigenvalue weighted by atomic mass is 10.2. The van der Waals surface area contributed by atoms with E-state index in [1.54, 1.807) is 18.5 Å². The average Bonchev–Trinajstić information content (AvgIpc) is 2.97. The number of nitro benzene ring substituents is 1. The summed E-state index contributed by atoms with van der Waals surface area (Å²) in [5, 5.41) is 17.6. The fraction of sp³-hybridized carbons (Fsp3) is 0.0769. The molecule has 9 nitrogen and oxygen atoms in total. The maximum atomic E-state index is 13.2. The Morgan fingerprint density at radius 3 is 3.04 bits per heavy atom. The van der Waals surface area contributed by atoms with Crippen molar-refractivity contribution in [2.75, 3.05) is 11.1 Å². The Morgan fingerprint density at radius 2 is 2.29 bits per heavy atom. The van der Waals surface area contributed by atoms with E-state index in [9.17, 15) is 19.3 Å². The van der Waals surface area contributed by atoms with Gasteiger partial charge in [-0.1, -0.05) is 11.8 Å². The summed E-state index contributed by atoms with van der Waals surface area (Å²) in [6.45, 7) is 0. The van der Waals surface area contributed by atoms with E-state index >= 15 is 0 Å². The van der Waals surface area contributed by atoms with Gasteiger partial charge in [0.2, 0.25) is 16.9 Å². The van der Waals surface area contributed by atoms with Crippen LogP contribution in [0.25, 0.3) is 5.78 Å². The quantitative estimate of drug-likeness (QED) is 0.425. The minimum absolute atomic E-state index is 0.0118. The molecule has 0 aliphatic carbocycles. The molecule has 2 heterocycles. The van der Waals surface area contributed by atoms with Gasteiger partial charge in [0.15, 0.2) is 0 Å². The van der Waals surface area contributed by atoms with Crippen LogP contribution in [0.2, 0.25) is 0 Å². The lowest BCUT2D eigenvalue weighted by molar-refractivity contribution is -0.387. The Bertz CT molecular complexity index is 898. The van der Waals surface area contributed by atoms with Crippen molar-refractivity contribution in [1.82, 2.24) is 19.6 Å². The molecule has 0 atom stereocenters. The van der Waals surface area contributed by atoms with Gasteiger partial charge in [0.05, 0.1) is 10.7 Å². The van der Waals surface area contributed by atoms with Gasteiger partial charge in [0.1, 0.15) is 0 Å². The van der Waals surface area contributed by atoms with Crippen LogP contribution in [0.5, 0.6) is 0 Å². The van der Waals surface area contributed by atoms with Gasteiger partial charge in [0, 0.05) is 24.1 Å². The second kappa shape index (κ2) is 6.58. The largest absolute Gasteiger partial charge is 0.325 e. The van der Waals surface area contributed by atoms with Crippen LogP contribution in [0.4, 0.5) is 15.8 Å². The zero-order chi connectivity index (χ0) is 17.1. The first-order valence-electron chi connectivity index (χ1n) is 6.57. The van der Waals surface area contributed by atoms with Gasteiger partial charge >= 0.3 is 5.69 Å². The first-order chi connectivity index (χ1) is 11.5. The Balaban J connectivity index is 1.63. The van der Waals surface area contributed by atoms with Crippen LogP contribution in [0.3, 0.4) is 0 Å². The number of amides is 1. The number of nitro groups is 1. The highest BCUT2D eigenvalue weighted by atomic mass is 32.2. The minimum Gasteiger partial charge on any atom is -0.325 e. The van der Waals surface area contributed by atoms with Gasteiger partial charge < -0.3 is 5.32 Å². The third-order valence-electron chi connectivity index (χ3n) is 2.86. The van der Waals surface area contributed by atoms with Gasteiger partial charge in [-0.15, -0.1) is 5.10 Å². The molecule has 1 N–H and O–H groups in total. The van der Waals surface area contributed by atoms with Crippen molar-refractivity contribution in [1.29, 1.82) is 0 Å². The molecular weight excluding hydrogens is 339 g/mol. The van der Waals surface area contributed by atoms with E-state index in [4.69, 9.17) is 0 Å². The highest BCUT2D eigenvalue weighted by Crippen LogP contribution is 2.22. The van der Waals surface area contributed by atoms with E-state index in [1.165, 1.54) is 10.6 Å². The van der Waals surface area contributed by atoms with Crippen molar-refractivity contribution in [3.8, 4) is 0 Å². The third kappa shape index (κ3) is 3.46. The summed E-state index contributed by atoms with van der Waals surface area (Å²) in [4.78, 5) is 29.9. The number of rotatable bonds is 5. The number of benzene rings is 1. The molecule has 122 valence electrons. The van der Waals surface area contributed by atoms with E-state index in [0.29, 0.717) is 10.9 Å². The number of carbonyl (C=O) groups is 1. The fourth-order valence-corrected chi connectivity index (χ4v) is 2.46. The second-order valence-electron chi connectivity index (χ2n) is 4.52. The molecule has 3 aromatic rings. The van der Waals surface area contributed by atoms with Crippen LogP contribution in [-0.4, -0.2) is 36.2 Å². The summed E-state index contributed by atoms with van der Waals surface area (Å²) < 4.78 is 14.7. The van der Waals surface area contributed by atoms with Crippen LogP contribution in [0.1, 0.15) is 0 Å². The molecule has 0 spiro atoms. The number of carbonyl (C=O) groups excluding carboxylic acids is 1. The predicted molar refractivity (Wildman–Crippen MR) is 83.2 cm³/mol. The first-order valence-corrected chi connectivity index (χ1v) is 7.55. The number of halogens is 1. The van der Waals surface area contributed by atoms with Crippen LogP contribution < -0.4 is 5.32 Å². The van der Waals surface area contributed by atoms with Gasteiger partial charge in [-0.05, 0) is 18.2 Å². The molecule has 0 saturated heterocycles. The van der Waals surface area contributed by atoms with Crippen LogP contribution in [0.15, 0.2) is 41.8 Å². The van der Waals surface area contributed by atoms with Gasteiger partial charge in [-0.3, -0.25) is 14.9 Å². The smallest absolute Gasteiger partial charge is 0.306 e. The number of aromatic nitrogens is 4. The average molecular weight is 348 g/mol. The lowest BCUT2D eigenvalue weighted by Gasteiger charge is -2.04. The molecule has 24 heavy (non-hydrogen) atoms. The number of hydrogen-bond donors (Lipinski definition) is 1. The number of thioether (sulfide) groups is 1. The molecule has 0 fully saturated rings. The van der Waals surface area contributed by atoms with Crippen molar-refractivity contribution in [2.24, 2.45) is 0 Å². The number of hydrogen-bond acceptors (Lipinski definition) is 7. The number of nitrogens with one attached hydrogen (secondary N) is 1. The molecule has 11 heteroatoms. The van der Waals surface area contributed by atoms with Crippen LogP contribution in [-0.2, 0) is 4.79 Å². The topological polar surface area (TPSA) is 115 Å². The molecule has 3 rings (SSSR count). The molecule has 2 aromatic heterocycles. The van der Waals surface area contributed by atoms with Crippen LogP contribution in [0, 0.1) is 15.9 Å². The maximum absolute atomic E-state index is 13.2. The van der Waals surface area contributed by atoms with Crippen molar-refractivity contribution in [3.63, 3.8) is 0 Å². The fourth-order valence-electron chi connectivity index (χ4n) is 1.83. The Kier molecular flexibility index (Phi) is 4.33. The monoisotopic (exact) mass is 348 g/mol. The molecule has 0 aliphatic rings. The third-order valence-corrected chi connectivity index (χ3v) is 3.69. The van der Waals surface area contributed by atoms with Gasteiger partial charge in [0.25, 0.3) is 5.78 Å². The van der Waals surface area contributed by atoms with E-state index in [-0.39, 0.29) is 11.4 Å². The maximum Gasteiger partial charge on any atom is 0.306 e. The molecule has 0 radical (unpaired) electrons. The van der Waals surface area contributed by atoms with Crippen molar-refractivity contribution >= 4 is 34.8 Å². The highest BCUT2D eigenvalue weighted by molar-refractivity contribution is 7.99. The van der Waals surface area contributed by atoms with Crippen LogP contribution >= 0.6 is 11.8 Å². The molecule has 0 aliphatic heterocycles. The van der Waals surface area contributed by atoms with E-state index in [0.717, 1.165) is 23.9 Å². The van der Waals surface area contributed by atoms with E-state index in [2.05, 4.69) is 20.4 Å². The van der Waals surface area contributed by atoms with Crippen molar-refractivity contribution in [3.05, 3.63) is 52.6 Å². The predicted octanol–water partition coefficient (Wildman–Crippen LogP) is 1.90. The first kappa shape index (κ1) is 15.8. The summed E-state index contributed by atoms with van der Waals surface area (Å²) >= 11 is 1.08. The Morgan fingerprint density at radius 1 is 1.46 bits per heavy atom. The lowest BCUT2D eigenvalue weighted by Crippen LogP contribution is -2.14. The summed E-state index contributed by atoms with van der Waals surface area (Å²) in [7, 11) is 0. The van der Waals surface area contributed by atoms with E-state index < -0.39 is 22.3 Å². The summed E-state index contributed by atoms with van der Waals surface area (Å²) in [5.74, 6) is -0.988. The minimum atomic E-state index is -0.964. The zero-order valence-electron chi connectivity index (χ0n) is 11.9. The molecule has 1 amide bonds. The second-order valence-corrected chi connectivity index (χ2v) is 5.46. The summed E-state index contributed by atoms with van der Waals surface area (Å²) in [6, 6.07) is 4.84. The number of fused-ring (bicyclic) bond motifs is 1. The summed E-state index contributed by atoms with van der Waals surface area (Å²) in [6.07, 6.45) is 3.25. The van der Waals surface area contributed by atoms with Crippen molar-refractivity contribution in [2.45, 2.75) is 5.16 Å². The highest BCUT2D eigenvalue weighted by Gasteiger charge is 2.15. The normalized spacial score (nSPS) is 10.7. The Hall–Kier alpha value is -3.08. The number of anilines is 1. The Labute approximate surface area is 138 Å². The molecule has 0 bridgehead atoms. The zero-order valence-corrected chi connectivity index (χ0v) is 12.7. The number of nitrogens with zero attached hydrogens (tertiary/aromatic N) is 5. The van der Waals surface area contributed by atoms with Gasteiger partial charge in [-0.25, -0.2) is 9.50 Å². The van der Waals surface area contributed by atoms with Crippen molar-refractivity contribution < 1.29 is 14.1 Å². The molecule has 0 unspecified atom stereocenters. The van der Waals surface area contributed by atoms with E-state index in [1.807, 2.05) is 0 Å². The molecule has 1 aromatic carbocycles.